The molecule has 0 aliphatic heterocycles. The fourth-order valence-electron chi connectivity index (χ4n) is 2.07. The molecule has 156 valence electrons. The molecule has 0 aliphatic carbocycles. The molecule has 1 aromatic heterocycles. The number of carboxylic acids is 1. The number of benzene rings is 1. The van der Waals surface area contributed by atoms with Gasteiger partial charge in [-0.1, -0.05) is 11.6 Å². The first-order chi connectivity index (χ1) is 13.1. The average molecular weight is 439 g/mol. The highest BCUT2D eigenvalue weighted by Gasteiger charge is 2.34. The second-order valence-electron chi connectivity index (χ2n) is 6.15. The number of nitrogens with zero attached hydrogens (tertiary/aromatic N) is 1. The quantitative estimate of drug-likeness (QED) is 0.559. The first-order valence-corrected chi connectivity index (χ1v) is 7.92. The lowest BCUT2D eigenvalue weighted by molar-refractivity contribution is -0.155. The van der Waals surface area contributed by atoms with Crippen LogP contribution < -0.4 is 11.2 Å². The topological polar surface area (TPSA) is 118 Å². The number of aromatic amines is 1. The van der Waals surface area contributed by atoms with E-state index in [-0.39, 0.29) is 10.6 Å². The van der Waals surface area contributed by atoms with E-state index in [1.165, 1.54) is 4.98 Å². The van der Waals surface area contributed by atoms with Gasteiger partial charge < -0.3 is 14.8 Å². The summed E-state index contributed by atoms with van der Waals surface area (Å²) in [4.78, 5) is 48.6. The summed E-state index contributed by atoms with van der Waals surface area (Å²) in [5.74, 6) is -4.16. The number of ether oxygens (including phenoxy) is 1. The van der Waals surface area contributed by atoms with E-state index in [0.717, 1.165) is 13.8 Å². The molecule has 1 heterocycles. The predicted molar refractivity (Wildman–Crippen MR) is 89.8 cm³/mol. The number of nitrogens with one attached hydrogen (secondary N) is 1. The second-order valence-corrected chi connectivity index (χ2v) is 6.56. The number of rotatable bonds is 4. The van der Waals surface area contributed by atoms with Crippen LogP contribution in [0.5, 0.6) is 0 Å². The fourth-order valence-corrected chi connectivity index (χ4v) is 2.30. The number of hydrogen-bond donors (Lipinski definition) is 2. The number of carbonyl (C=O) groups is 2. The number of aliphatic carboxylic acids is 1. The summed E-state index contributed by atoms with van der Waals surface area (Å²) in [7, 11) is 0. The molecule has 2 aromatic rings. The lowest BCUT2D eigenvalue weighted by Gasteiger charge is -2.20. The summed E-state index contributed by atoms with van der Waals surface area (Å²) in [6.07, 6.45) is -5.03. The van der Waals surface area contributed by atoms with E-state index in [0.29, 0.717) is 12.1 Å². The molecule has 0 fully saturated rings. The molecule has 0 spiro atoms. The van der Waals surface area contributed by atoms with Crippen LogP contribution in [0, 0.1) is 5.82 Å². The van der Waals surface area contributed by atoms with Gasteiger partial charge in [-0.3, -0.25) is 4.79 Å². The zero-order chi connectivity index (χ0) is 22.3. The zero-order valence-electron chi connectivity index (χ0n) is 14.6. The molecule has 0 saturated carbocycles. The predicted octanol–water partition coefficient (Wildman–Crippen LogP) is 2.36. The summed E-state index contributed by atoms with van der Waals surface area (Å²) in [6, 6.07) is 1.13. The van der Waals surface area contributed by atoms with E-state index in [2.05, 4.69) is 0 Å². The maximum atomic E-state index is 14.3. The standard InChI is InChI=1S/C16H11ClF4N2O6/c1-15(2,13(26)27)29-12(25)6-3-9(8(18)4-7(6)17)23-11(24)5-10(16(19,20)21)22-14(23)28/h3-5H,1-2H3,(H,22,28)(H,26,27). The molecule has 0 aliphatic rings. The third-order valence-electron chi connectivity index (χ3n) is 3.60. The van der Waals surface area contributed by atoms with Gasteiger partial charge in [0.1, 0.15) is 11.5 Å². The van der Waals surface area contributed by atoms with Crippen molar-refractivity contribution >= 4 is 23.5 Å². The molecule has 29 heavy (non-hydrogen) atoms. The van der Waals surface area contributed by atoms with Gasteiger partial charge in [0.05, 0.1) is 16.3 Å². The summed E-state index contributed by atoms with van der Waals surface area (Å²) in [5, 5.41) is 8.45. The van der Waals surface area contributed by atoms with E-state index in [1.54, 1.807) is 0 Å². The second kappa shape index (κ2) is 7.35. The first kappa shape index (κ1) is 22.1. The van der Waals surface area contributed by atoms with E-state index < -0.39 is 62.7 Å². The van der Waals surface area contributed by atoms with Crippen molar-refractivity contribution in [2.45, 2.75) is 25.6 Å². The van der Waals surface area contributed by atoms with Crippen molar-refractivity contribution in [3.05, 3.63) is 61.1 Å². The molecule has 13 heteroatoms. The number of H-pyrrole nitrogens is 1. The lowest BCUT2D eigenvalue weighted by atomic mass is 10.1. The molecular formula is C16H11ClF4N2O6. The summed E-state index contributed by atoms with van der Waals surface area (Å²) in [5.41, 5.74) is -8.33. The Morgan fingerprint density at radius 2 is 1.76 bits per heavy atom. The van der Waals surface area contributed by atoms with E-state index >= 15 is 0 Å². The Morgan fingerprint density at radius 3 is 2.24 bits per heavy atom. The summed E-state index contributed by atoms with van der Waals surface area (Å²) < 4.78 is 57.1. The highest BCUT2D eigenvalue weighted by molar-refractivity contribution is 6.33. The van der Waals surface area contributed by atoms with E-state index in [1.807, 2.05) is 0 Å². The number of hydrogen-bond acceptors (Lipinski definition) is 5. The lowest BCUT2D eigenvalue weighted by Crippen LogP contribution is -2.37. The van der Waals surface area contributed by atoms with Crippen molar-refractivity contribution in [2.75, 3.05) is 0 Å². The van der Waals surface area contributed by atoms with Gasteiger partial charge in [-0.05, 0) is 26.0 Å². The number of aromatic nitrogens is 2. The van der Waals surface area contributed by atoms with Gasteiger partial charge in [0.2, 0.25) is 5.60 Å². The number of halogens is 5. The van der Waals surface area contributed by atoms with Crippen molar-refractivity contribution in [3.63, 3.8) is 0 Å². The Kier molecular flexibility index (Phi) is 5.61. The van der Waals surface area contributed by atoms with Gasteiger partial charge >= 0.3 is 23.8 Å². The van der Waals surface area contributed by atoms with Crippen molar-refractivity contribution < 1.29 is 37.0 Å². The van der Waals surface area contributed by atoms with Gasteiger partial charge in [-0.15, -0.1) is 0 Å². The monoisotopic (exact) mass is 438 g/mol. The number of carboxylic acid groups (broad SMARTS) is 1. The fraction of sp³-hybridized carbons (Fsp3) is 0.250. The van der Waals surface area contributed by atoms with Crippen molar-refractivity contribution in [1.82, 2.24) is 9.55 Å². The van der Waals surface area contributed by atoms with Gasteiger partial charge in [0, 0.05) is 6.07 Å². The largest absolute Gasteiger partial charge is 0.478 e. The highest BCUT2D eigenvalue weighted by Crippen LogP contribution is 2.27. The van der Waals surface area contributed by atoms with E-state index in [9.17, 15) is 36.7 Å². The van der Waals surface area contributed by atoms with Crippen molar-refractivity contribution in [1.29, 1.82) is 0 Å². The summed E-state index contributed by atoms with van der Waals surface area (Å²) >= 11 is 5.75. The van der Waals surface area contributed by atoms with Crippen LogP contribution in [0.25, 0.3) is 5.69 Å². The molecule has 1 aromatic carbocycles. The van der Waals surface area contributed by atoms with Crippen LogP contribution in [-0.4, -0.2) is 32.2 Å². The third-order valence-corrected chi connectivity index (χ3v) is 3.91. The van der Waals surface area contributed by atoms with Crippen LogP contribution in [0.2, 0.25) is 5.02 Å². The summed E-state index contributed by atoms with van der Waals surface area (Å²) in [6.45, 7) is 2.08. The Balaban J connectivity index is 2.64. The van der Waals surface area contributed by atoms with Gasteiger partial charge in [-0.2, -0.15) is 13.2 Å². The molecule has 2 rings (SSSR count). The Morgan fingerprint density at radius 1 is 1.17 bits per heavy atom. The molecule has 0 radical (unpaired) electrons. The Labute approximate surface area is 163 Å². The van der Waals surface area contributed by atoms with Crippen LogP contribution in [-0.2, 0) is 15.7 Å². The number of esters is 1. The molecule has 0 atom stereocenters. The minimum absolute atomic E-state index is 0.0139. The normalized spacial score (nSPS) is 12.0. The molecule has 2 N–H and O–H groups in total. The zero-order valence-corrected chi connectivity index (χ0v) is 15.3. The van der Waals surface area contributed by atoms with Crippen LogP contribution >= 0.6 is 11.6 Å². The molecule has 0 amide bonds. The number of carbonyl (C=O) groups excluding carboxylic acids is 1. The maximum Gasteiger partial charge on any atom is 0.431 e. The minimum Gasteiger partial charge on any atom is -0.478 e. The average Bonchev–Trinajstić information content (AvgIpc) is 2.54. The number of alkyl halides is 3. The highest BCUT2D eigenvalue weighted by atomic mass is 35.5. The minimum atomic E-state index is -5.03. The Bertz CT molecular complexity index is 1090. The molecule has 0 unspecified atom stereocenters. The smallest absolute Gasteiger partial charge is 0.431 e. The van der Waals surface area contributed by atoms with Crippen LogP contribution in [0.15, 0.2) is 27.8 Å². The van der Waals surface area contributed by atoms with Crippen molar-refractivity contribution in [2.24, 2.45) is 0 Å². The molecule has 0 saturated heterocycles. The molecule has 8 nitrogen and oxygen atoms in total. The SMILES string of the molecule is CC(C)(OC(=O)c1cc(-n2c(=O)cc(C(F)(F)F)[nH]c2=O)c(F)cc1Cl)C(=O)O. The first-order valence-electron chi connectivity index (χ1n) is 7.55. The molecular weight excluding hydrogens is 428 g/mol. The van der Waals surface area contributed by atoms with E-state index in [4.69, 9.17) is 21.4 Å². The maximum absolute atomic E-state index is 14.3. The Hall–Kier alpha value is -3.15. The van der Waals surface area contributed by atoms with Gasteiger partial charge in [-0.25, -0.2) is 23.3 Å². The van der Waals surface area contributed by atoms with Crippen LogP contribution in [0.1, 0.15) is 29.9 Å². The van der Waals surface area contributed by atoms with Crippen molar-refractivity contribution in [3.8, 4) is 5.69 Å². The van der Waals surface area contributed by atoms with Gasteiger partial charge in [0.15, 0.2) is 0 Å². The van der Waals surface area contributed by atoms with Crippen LogP contribution in [0.3, 0.4) is 0 Å². The molecule has 0 bridgehead atoms. The third kappa shape index (κ3) is 4.47. The van der Waals surface area contributed by atoms with Gasteiger partial charge in [0.25, 0.3) is 5.56 Å². The van der Waals surface area contributed by atoms with Crippen LogP contribution in [0.4, 0.5) is 17.6 Å².